The number of methoxy groups -OCH3 is 2. The number of nitrogens with one attached hydrogen (secondary N) is 3. The molecule has 4 rings (SSSR count). The van der Waals surface area contributed by atoms with Gasteiger partial charge in [0.1, 0.15) is 11.5 Å². The Bertz CT molecular complexity index is 1170. The molecule has 0 aliphatic carbocycles. The number of ether oxygens (including phenoxy) is 2. The first-order valence-electron chi connectivity index (χ1n) is 12.1. The number of amides is 3. The number of nitrogens with zero attached hydrogens (tertiary/aromatic N) is 1. The average Bonchev–Trinajstić information content (AvgIpc) is 3.43. The molecule has 0 saturated carbocycles. The van der Waals surface area contributed by atoms with Crippen molar-refractivity contribution in [1.29, 1.82) is 0 Å². The molecule has 3 aromatic rings. The normalized spacial score (nSPS) is 12.7. The number of benzene rings is 3. The first-order valence-corrected chi connectivity index (χ1v) is 12.1. The summed E-state index contributed by atoms with van der Waals surface area (Å²) in [6, 6.07) is 20.2. The summed E-state index contributed by atoms with van der Waals surface area (Å²) in [4.78, 5) is 28.1. The van der Waals surface area contributed by atoms with E-state index in [2.05, 4.69) is 20.9 Å². The molecule has 0 spiro atoms. The van der Waals surface area contributed by atoms with E-state index >= 15 is 0 Å². The zero-order valence-corrected chi connectivity index (χ0v) is 20.7. The third kappa shape index (κ3) is 6.47. The van der Waals surface area contributed by atoms with E-state index in [1.165, 1.54) is 5.56 Å². The van der Waals surface area contributed by atoms with E-state index in [0.29, 0.717) is 35.0 Å². The molecule has 0 atom stereocenters. The van der Waals surface area contributed by atoms with Crippen molar-refractivity contribution in [2.45, 2.75) is 19.3 Å². The van der Waals surface area contributed by atoms with Crippen molar-refractivity contribution in [3.8, 4) is 11.5 Å². The minimum absolute atomic E-state index is 0.158. The third-order valence-electron chi connectivity index (χ3n) is 6.10. The number of anilines is 3. The van der Waals surface area contributed by atoms with Crippen LogP contribution in [0.15, 0.2) is 66.7 Å². The van der Waals surface area contributed by atoms with Crippen molar-refractivity contribution in [3.05, 3.63) is 77.9 Å². The van der Waals surface area contributed by atoms with Crippen LogP contribution in [-0.2, 0) is 6.42 Å². The van der Waals surface area contributed by atoms with Gasteiger partial charge in [0.2, 0.25) is 0 Å². The number of rotatable bonds is 9. The summed E-state index contributed by atoms with van der Waals surface area (Å²) in [5.41, 5.74) is 3.65. The van der Waals surface area contributed by atoms with Crippen molar-refractivity contribution in [3.63, 3.8) is 0 Å². The molecule has 1 aliphatic rings. The summed E-state index contributed by atoms with van der Waals surface area (Å²) in [5, 5.41) is 8.66. The van der Waals surface area contributed by atoms with E-state index < -0.39 is 6.03 Å². The third-order valence-corrected chi connectivity index (χ3v) is 6.10. The molecular weight excluding hydrogens is 456 g/mol. The van der Waals surface area contributed by atoms with Crippen LogP contribution in [0.3, 0.4) is 0 Å². The molecule has 1 fully saturated rings. The van der Waals surface area contributed by atoms with Gasteiger partial charge in [0.25, 0.3) is 5.91 Å². The lowest BCUT2D eigenvalue weighted by Gasteiger charge is -2.22. The van der Waals surface area contributed by atoms with Gasteiger partial charge in [-0.05, 0) is 43.0 Å². The molecule has 188 valence electrons. The molecule has 3 amide bonds. The van der Waals surface area contributed by atoms with Crippen LogP contribution < -0.4 is 30.3 Å². The molecular formula is C28H32N4O4. The second-order valence-electron chi connectivity index (χ2n) is 8.60. The standard InChI is InChI=1S/C28H32N4O4/c1-35-23-16-22(17-24(19-23)36-2)31-28(34)30-21-10-11-26(32-14-6-7-15-32)25(18-21)27(33)29-13-12-20-8-4-3-5-9-20/h3-5,8-11,16-19H,6-7,12-15H2,1-2H3,(H,29,33)(H2,30,31,34). The first-order chi connectivity index (χ1) is 17.6. The Morgan fingerprint density at radius 1 is 0.833 bits per heavy atom. The van der Waals surface area contributed by atoms with Gasteiger partial charge in [0.15, 0.2) is 0 Å². The summed E-state index contributed by atoms with van der Waals surface area (Å²) >= 11 is 0. The van der Waals surface area contributed by atoms with Gasteiger partial charge in [-0.1, -0.05) is 30.3 Å². The van der Waals surface area contributed by atoms with Crippen molar-refractivity contribution >= 4 is 29.0 Å². The Morgan fingerprint density at radius 3 is 2.17 bits per heavy atom. The molecule has 0 aromatic heterocycles. The molecule has 8 heteroatoms. The Morgan fingerprint density at radius 2 is 1.50 bits per heavy atom. The molecule has 1 aliphatic heterocycles. The van der Waals surface area contributed by atoms with Gasteiger partial charge in [0.05, 0.1) is 19.8 Å². The van der Waals surface area contributed by atoms with Crippen LogP contribution in [0.25, 0.3) is 0 Å². The maximum atomic E-state index is 13.2. The predicted molar refractivity (Wildman–Crippen MR) is 143 cm³/mol. The van der Waals surface area contributed by atoms with E-state index in [1.54, 1.807) is 38.5 Å². The zero-order chi connectivity index (χ0) is 25.3. The fourth-order valence-corrected chi connectivity index (χ4v) is 4.26. The number of carbonyl (C=O) groups is 2. The SMILES string of the molecule is COc1cc(NC(=O)Nc2ccc(N3CCCC3)c(C(=O)NCCc3ccccc3)c2)cc(OC)c1. The van der Waals surface area contributed by atoms with E-state index in [1.807, 2.05) is 42.5 Å². The van der Waals surface area contributed by atoms with Gasteiger partial charge in [-0.15, -0.1) is 0 Å². The molecule has 1 saturated heterocycles. The van der Waals surface area contributed by atoms with E-state index in [9.17, 15) is 9.59 Å². The second kappa shape index (κ2) is 12.0. The highest BCUT2D eigenvalue weighted by Gasteiger charge is 2.20. The summed E-state index contributed by atoms with van der Waals surface area (Å²) < 4.78 is 10.5. The van der Waals surface area contributed by atoms with Gasteiger partial charge in [-0.2, -0.15) is 0 Å². The van der Waals surface area contributed by atoms with Crippen LogP contribution >= 0.6 is 0 Å². The maximum absolute atomic E-state index is 13.2. The average molecular weight is 489 g/mol. The molecule has 0 radical (unpaired) electrons. The van der Waals surface area contributed by atoms with Crippen LogP contribution in [0.2, 0.25) is 0 Å². The van der Waals surface area contributed by atoms with Crippen LogP contribution in [0.1, 0.15) is 28.8 Å². The van der Waals surface area contributed by atoms with Crippen LogP contribution in [-0.4, -0.2) is 45.8 Å². The van der Waals surface area contributed by atoms with Gasteiger partial charge >= 0.3 is 6.03 Å². The fraction of sp³-hybridized carbons (Fsp3) is 0.286. The minimum Gasteiger partial charge on any atom is -0.497 e. The lowest BCUT2D eigenvalue weighted by Crippen LogP contribution is -2.29. The zero-order valence-electron chi connectivity index (χ0n) is 20.7. The Labute approximate surface area is 211 Å². The van der Waals surface area contributed by atoms with Gasteiger partial charge in [-0.25, -0.2) is 4.79 Å². The van der Waals surface area contributed by atoms with Crippen molar-refractivity contribution in [2.75, 3.05) is 49.4 Å². The molecule has 3 aromatic carbocycles. The quantitative estimate of drug-likeness (QED) is 0.398. The predicted octanol–water partition coefficient (Wildman–Crippen LogP) is 4.92. The Hall–Kier alpha value is -4.20. The van der Waals surface area contributed by atoms with Gasteiger partial charge in [0, 0.05) is 54.9 Å². The largest absolute Gasteiger partial charge is 0.497 e. The molecule has 3 N–H and O–H groups in total. The fourth-order valence-electron chi connectivity index (χ4n) is 4.26. The molecule has 8 nitrogen and oxygen atoms in total. The number of carbonyl (C=O) groups excluding carboxylic acids is 2. The number of urea groups is 1. The van der Waals surface area contributed by atoms with Gasteiger partial charge < -0.3 is 30.3 Å². The highest BCUT2D eigenvalue weighted by atomic mass is 16.5. The Balaban J connectivity index is 1.47. The maximum Gasteiger partial charge on any atom is 0.323 e. The first kappa shape index (κ1) is 24.9. The highest BCUT2D eigenvalue weighted by Crippen LogP contribution is 2.29. The smallest absolute Gasteiger partial charge is 0.323 e. The van der Waals surface area contributed by atoms with Crippen LogP contribution in [0.4, 0.5) is 21.9 Å². The topological polar surface area (TPSA) is 91.9 Å². The van der Waals surface area contributed by atoms with Crippen molar-refractivity contribution < 1.29 is 19.1 Å². The van der Waals surface area contributed by atoms with Gasteiger partial charge in [-0.3, -0.25) is 4.79 Å². The second-order valence-corrected chi connectivity index (χ2v) is 8.60. The van der Waals surface area contributed by atoms with Crippen LogP contribution in [0.5, 0.6) is 11.5 Å². The molecule has 1 heterocycles. The summed E-state index contributed by atoms with van der Waals surface area (Å²) in [6.07, 6.45) is 2.94. The number of hydrogen-bond acceptors (Lipinski definition) is 5. The number of hydrogen-bond donors (Lipinski definition) is 3. The van der Waals surface area contributed by atoms with Crippen LogP contribution in [0, 0.1) is 0 Å². The lowest BCUT2D eigenvalue weighted by atomic mass is 10.1. The monoisotopic (exact) mass is 488 g/mol. The van der Waals surface area contributed by atoms with E-state index in [4.69, 9.17) is 9.47 Å². The van der Waals surface area contributed by atoms with Crippen molar-refractivity contribution in [2.24, 2.45) is 0 Å². The lowest BCUT2D eigenvalue weighted by molar-refractivity contribution is 0.0954. The summed E-state index contributed by atoms with van der Waals surface area (Å²) in [7, 11) is 3.10. The van der Waals surface area contributed by atoms with E-state index in [-0.39, 0.29) is 5.91 Å². The van der Waals surface area contributed by atoms with E-state index in [0.717, 1.165) is 38.0 Å². The highest BCUT2D eigenvalue weighted by molar-refractivity contribution is 6.04. The Kier molecular flexibility index (Phi) is 8.28. The molecule has 36 heavy (non-hydrogen) atoms. The molecule has 0 bridgehead atoms. The summed E-state index contributed by atoms with van der Waals surface area (Å²) in [6.45, 7) is 2.35. The minimum atomic E-state index is -0.435. The summed E-state index contributed by atoms with van der Waals surface area (Å²) in [5.74, 6) is 0.970. The van der Waals surface area contributed by atoms with Crippen molar-refractivity contribution in [1.82, 2.24) is 5.32 Å². The molecule has 0 unspecified atom stereocenters.